The molecule has 24 heavy (non-hydrogen) atoms. The van der Waals surface area contributed by atoms with Crippen LogP contribution >= 0.6 is 0 Å². The van der Waals surface area contributed by atoms with Crippen LogP contribution in [0.5, 0.6) is 5.75 Å². The molecule has 5 heteroatoms. The number of hydrogen-bond donors (Lipinski definition) is 2. The maximum Gasteiger partial charge on any atom is 0.265 e. The molecule has 0 spiro atoms. The number of hydrogen-bond acceptors (Lipinski definition) is 3. The van der Waals surface area contributed by atoms with Gasteiger partial charge in [0.1, 0.15) is 5.75 Å². The van der Waals surface area contributed by atoms with Crippen LogP contribution in [0.15, 0.2) is 48.5 Å². The summed E-state index contributed by atoms with van der Waals surface area (Å²) in [6.45, 7) is 3.65. The average molecular weight is 326 g/mol. The number of anilines is 1. The van der Waals surface area contributed by atoms with Gasteiger partial charge in [-0.05, 0) is 43.2 Å². The van der Waals surface area contributed by atoms with Crippen molar-refractivity contribution in [1.82, 2.24) is 5.32 Å². The smallest absolute Gasteiger partial charge is 0.265 e. The van der Waals surface area contributed by atoms with E-state index in [1.54, 1.807) is 26.1 Å². The predicted octanol–water partition coefficient (Wildman–Crippen LogP) is 2.69. The first-order valence-corrected chi connectivity index (χ1v) is 7.82. The highest BCUT2D eigenvalue weighted by atomic mass is 16.5. The molecule has 126 valence electrons. The van der Waals surface area contributed by atoms with Crippen molar-refractivity contribution in [2.75, 3.05) is 12.4 Å². The van der Waals surface area contributed by atoms with E-state index in [1.165, 1.54) is 0 Å². The monoisotopic (exact) mass is 326 g/mol. The lowest BCUT2D eigenvalue weighted by atomic mass is 10.1. The third kappa shape index (κ3) is 4.84. The first-order valence-electron chi connectivity index (χ1n) is 7.82. The first-order chi connectivity index (χ1) is 11.5. The molecule has 0 aliphatic heterocycles. The average Bonchev–Trinajstić information content (AvgIpc) is 2.58. The Morgan fingerprint density at radius 1 is 1.08 bits per heavy atom. The molecule has 0 aromatic heterocycles. The van der Waals surface area contributed by atoms with Crippen molar-refractivity contribution in [3.63, 3.8) is 0 Å². The van der Waals surface area contributed by atoms with Crippen LogP contribution in [-0.4, -0.2) is 25.0 Å². The molecule has 2 rings (SSSR count). The van der Waals surface area contributed by atoms with E-state index in [-0.39, 0.29) is 11.8 Å². The maximum absolute atomic E-state index is 12.2. The second-order valence-corrected chi connectivity index (χ2v) is 5.56. The standard InChI is InChI=1S/C19H22N2O3/c1-13-6-4-5-7-17(13)24-14(2)19(23)21-16-10-8-15(9-11-16)12-18(22)20-3/h4-11,14H,12H2,1-3H3,(H,20,22)(H,21,23). The molecule has 2 N–H and O–H groups in total. The molecule has 0 aliphatic carbocycles. The van der Waals surface area contributed by atoms with Crippen LogP contribution in [-0.2, 0) is 16.0 Å². The van der Waals surface area contributed by atoms with Crippen molar-refractivity contribution in [1.29, 1.82) is 0 Å². The van der Waals surface area contributed by atoms with E-state index in [4.69, 9.17) is 4.74 Å². The highest BCUT2D eigenvalue weighted by Crippen LogP contribution is 2.18. The Balaban J connectivity index is 1.94. The summed E-state index contributed by atoms with van der Waals surface area (Å²) in [7, 11) is 1.60. The summed E-state index contributed by atoms with van der Waals surface area (Å²) in [6, 6.07) is 14.8. The molecule has 0 bridgehead atoms. The lowest BCUT2D eigenvalue weighted by Gasteiger charge is -2.16. The predicted molar refractivity (Wildman–Crippen MR) is 94.1 cm³/mol. The number of carbonyl (C=O) groups excluding carboxylic acids is 2. The summed E-state index contributed by atoms with van der Waals surface area (Å²) in [5, 5.41) is 5.39. The Hall–Kier alpha value is -2.82. The molecular weight excluding hydrogens is 304 g/mol. The van der Waals surface area contributed by atoms with Gasteiger partial charge in [0, 0.05) is 12.7 Å². The Bertz CT molecular complexity index is 711. The first kappa shape index (κ1) is 17.5. The number of rotatable bonds is 6. The molecule has 0 saturated heterocycles. The third-order valence-corrected chi connectivity index (χ3v) is 3.63. The van der Waals surface area contributed by atoms with Gasteiger partial charge in [-0.15, -0.1) is 0 Å². The minimum atomic E-state index is -0.614. The van der Waals surface area contributed by atoms with Gasteiger partial charge in [0.15, 0.2) is 6.10 Å². The van der Waals surface area contributed by atoms with Gasteiger partial charge < -0.3 is 15.4 Å². The van der Waals surface area contributed by atoms with Crippen molar-refractivity contribution >= 4 is 17.5 Å². The second kappa shape index (κ2) is 8.15. The lowest BCUT2D eigenvalue weighted by Crippen LogP contribution is -2.30. The molecule has 2 aromatic carbocycles. The SMILES string of the molecule is CNC(=O)Cc1ccc(NC(=O)C(C)Oc2ccccc2C)cc1. The molecule has 0 aliphatic rings. The molecule has 2 aromatic rings. The minimum Gasteiger partial charge on any atom is -0.481 e. The summed E-state index contributed by atoms with van der Waals surface area (Å²) in [5.74, 6) is 0.422. The molecule has 2 amide bonds. The van der Waals surface area contributed by atoms with Crippen LogP contribution < -0.4 is 15.4 Å². The van der Waals surface area contributed by atoms with Gasteiger partial charge in [-0.1, -0.05) is 30.3 Å². The third-order valence-electron chi connectivity index (χ3n) is 3.63. The molecule has 0 radical (unpaired) electrons. The zero-order valence-electron chi connectivity index (χ0n) is 14.1. The molecule has 0 saturated carbocycles. The number of nitrogens with one attached hydrogen (secondary N) is 2. The minimum absolute atomic E-state index is 0.0490. The van der Waals surface area contributed by atoms with E-state index in [2.05, 4.69) is 10.6 Å². The van der Waals surface area contributed by atoms with E-state index in [0.29, 0.717) is 17.9 Å². The highest BCUT2D eigenvalue weighted by molar-refractivity contribution is 5.94. The van der Waals surface area contributed by atoms with Crippen molar-refractivity contribution in [2.45, 2.75) is 26.4 Å². The van der Waals surface area contributed by atoms with Gasteiger partial charge in [-0.3, -0.25) is 9.59 Å². The van der Waals surface area contributed by atoms with Crippen molar-refractivity contribution in [3.8, 4) is 5.75 Å². The summed E-state index contributed by atoms with van der Waals surface area (Å²) >= 11 is 0. The van der Waals surface area contributed by atoms with Crippen LogP contribution in [0.25, 0.3) is 0 Å². The Kier molecular flexibility index (Phi) is 5.95. The molecule has 1 atom stereocenters. The van der Waals surface area contributed by atoms with Gasteiger partial charge in [0.05, 0.1) is 6.42 Å². The number of amides is 2. The van der Waals surface area contributed by atoms with Crippen LogP contribution in [0, 0.1) is 6.92 Å². The quantitative estimate of drug-likeness (QED) is 0.857. The number of aryl methyl sites for hydroxylation is 1. The fraction of sp³-hybridized carbons (Fsp3) is 0.263. The summed E-state index contributed by atoms with van der Waals surface area (Å²) < 4.78 is 5.71. The van der Waals surface area contributed by atoms with E-state index in [1.807, 2.05) is 43.3 Å². The largest absolute Gasteiger partial charge is 0.481 e. The summed E-state index contributed by atoms with van der Waals surface area (Å²) in [5.41, 5.74) is 2.54. The van der Waals surface area contributed by atoms with Crippen molar-refractivity contribution in [3.05, 3.63) is 59.7 Å². The lowest BCUT2D eigenvalue weighted by molar-refractivity contribution is -0.122. The maximum atomic E-state index is 12.2. The van der Waals surface area contributed by atoms with Crippen LogP contribution in [0.1, 0.15) is 18.1 Å². The van der Waals surface area contributed by atoms with Gasteiger partial charge >= 0.3 is 0 Å². The second-order valence-electron chi connectivity index (χ2n) is 5.56. The van der Waals surface area contributed by atoms with Crippen molar-refractivity contribution in [2.24, 2.45) is 0 Å². The van der Waals surface area contributed by atoms with Crippen molar-refractivity contribution < 1.29 is 14.3 Å². The van der Waals surface area contributed by atoms with Crippen LogP contribution in [0.4, 0.5) is 5.69 Å². The molecular formula is C19H22N2O3. The van der Waals surface area contributed by atoms with Gasteiger partial charge in [0.2, 0.25) is 5.91 Å². The van der Waals surface area contributed by atoms with Crippen LogP contribution in [0.2, 0.25) is 0 Å². The number of likely N-dealkylation sites (N-methyl/N-ethyl adjacent to an activating group) is 1. The zero-order valence-corrected chi connectivity index (χ0v) is 14.1. The number of para-hydroxylation sites is 1. The Labute approximate surface area is 142 Å². The van der Waals surface area contributed by atoms with E-state index < -0.39 is 6.10 Å². The fourth-order valence-electron chi connectivity index (χ4n) is 2.16. The van der Waals surface area contributed by atoms with E-state index in [0.717, 1.165) is 11.1 Å². The Morgan fingerprint density at radius 3 is 2.38 bits per heavy atom. The molecule has 0 heterocycles. The summed E-state index contributed by atoms with van der Waals surface area (Å²) in [4.78, 5) is 23.6. The van der Waals surface area contributed by atoms with Gasteiger partial charge in [0.25, 0.3) is 5.91 Å². The van der Waals surface area contributed by atoms with Crippen LogP contribution in [0.3, 0.4) is 0 Å². The molecule has 5 nitrogen and oxygen atoms in total. The molecule has 1 unspecified atom stereocenters. The highest BCUT2D eigenvalue weighted by Gasteiger charge is 2.15. The topological polar surface area (TPSA) is 67.4 Å². The number of ether oxygens (including phenoxy) is 1. The normalized spacial score (nSPS) is 11.5. The fourth-order valence-corrected chi connectivity index (χ4v) is 2.16. The van der Waals surface area contributed by atoms with Gasteiger partial charge in [-0.25, -0.2) is 0 Å². The van der Waals surface area contributed by atoms with E-state index in [9.17, 15) is 9.59 Å². The van der Waals surface area contributed by atoms with Gasteiger partial charge in [-0.2, -0.15) is 0 Å². The number of benzene rings is 2. The Morgan fingerprint density at radius 2 is 1.75 bits per heavy atom. The zero-order chi connectivity index (χ0) is 17.5. The number of carbonyl (C=O) groups is 2. The molecule has 0 fully saturated rings. The van der Waals surface area contributed by atoms with E-state index >= 15 is 0 Å². The summed E-state index contributed by atoms with van der Waals surface area (Å²) in [6.07, 6.45) is -0.297.